The van der Waals surface area contributed by atoms with Gasteiger partial charge in [-0.05, 0) is 25.0 Å². The van der Waals surface area contributed by atoms with Crippen molar-refractivity contribution >= 4 is 46.6 Å². The lowest BCUT2D eigenvalue weighted by atomic mass is 10.1. The lowest BCUT2D eigenvalue weighted by Crippen LogP contribution is -2.52. The minimum Gasteiger partial charge on any atom is -0.496 e. The molecule has 7 nitrogen and oxygen atoms in total. The van der Waals surface area contributed by atoms with Gasteiger partial charge >= 0.3 is 0 Å². The number of nitrogens with zero attached hydrogens (tertiary/aromatic N) is 5. The number of piperazine rings is 1. The first-order chi connectivity index (χ1) is 13.7. The van der Waals surface area contributed by atoms with E-state index in [0.717, 1.165) is 74.8 Å². The SMILES string of the molecule is CCNC(=NCCc1ccccc1OC)N1CCN(c2nc(CC)ns2)CC1.I. The van der Waals surface area contributed by atoms with Crippen LogP contribution >= 0.6 is 35.5 Å². The van der Waals surface area contributed by atoms with Gasteiger partial charge in [-0.25, -0.2) is 4.98 Å². The van der Waals surface area contributed by atoms with Crippen molar-refractivity contribution in [3.8, 4) is 5.75 Å². The number of para-hydroxylation sites is 1. The van der Waals surface area contributed by atoms with Gasteiger partial charge in [-0.2, -0.15) is 4.37 Å². The topological polar surface area (TPSA) is 65.9 Å². The highest BCUT2D eigenvalue weighted by molar-refractivity contribution is 14.0. The number of aryl methyl sites for hydroxylation is 1. The van der Waals surface area contributed by atoms with Gasteiger partial charge in [-0.1, -0.05) is 25.1 Å². The molecule has 0 spiro atoms. The number of methoxy groups -OCH3 is 1. The Balaban J connectivity index is 0.00000300. The predicted octanol–water partition coefficient (Wildman–Crippen LogP) is 3.06. The number of hydrogen-bond donors (Lipinski definition) is 1. The first-order valence-corrected chi connectivity index (χ1v) is 10.7. The van der Waals surface area contributed by atoms with Crippen LogP contribution < -0.4 is 15.0 Å². The van der Waals surface area contributed by atoms with Crippen LogP contribution in [0, 0.1) is 0 Å². The van der Waals surface area contributed by atoms with Gasteiger partial charge in [0, 0.05) is 57.2 Å². The lowest BCUT2D eigenvalue weighted by Gasteiger charge is -2.36. The summed E-state index contributed by atoms with van der Waals surface area (Å²) in [4.78, 5) is 14.1. The summed E-state index contributed by atoms with van der Waals surface area (Å²) in [6, 6.07) is 8.15. The van der Waals surface area contributed by atoms with Gasteiger partial charge in [0.25, 0.3) is 0 Å². The number of ether oxygens (including phenoxy) is 1. The van der Waals surface area contributed by atoms with Crippen LogP contribution in [-0.2, 0) is 12.8 Å². The molecule has 1 aromatic carbocycles. The maximum absolute atomic E-state index is 5.44. The zero-order chi connectivity index (χ0) is 19.8. The van der Waals surface area contributed by atoms with Gasteiger partial charge in [-0.15, -0.1) is 24.0 Å². The second kappa shape index (κ2) is 12.2. The van der Waals surface area contributed by atoms with Crippen molar-refractivity contribution in [3.63, 3.8) is 0 Å². The maximum atomic E-state index is 5.44. The van der Waals surface area contributed by atoms with Gasteiger partial charge < -0.3 is 19.9 Å². The molecular formula is C20H31IN6OS. The molecule has 0 amide bonds. The summed E-state index contributed by atoms with van der Waals surface area (Å²) in [7, 11) is 1.72. The Morgan fingerprint density at radius 1 is 1.21 bits per heavy atom. The van der Waals surface area contributed by atoms with Crippen LogP contribution in [0.5, 0.6) is 5.75 Å². The number of guanidine groups is 1. The fourth-order valence-electron chi connectivity index (χ4n) is 3.24. The van der Waals surface area contributed by atoms with E-state index in [0.29, 0.717) is 0 Å². The molecule has 2 aromatic rings. The Morgan fingerprint density at radius 2 is 1.97 bits per heavy atom. The standard InChI is InChI=1S/C20H30N6OS.HI/c1-4-18-23-20(28-24-18)26-14-12-25(13-15-26)19(21-5-2)22-11-10-16-8-6-7-9-17(16)27-3;/h6-9H,4-5,10-15H2,1-3H3,(H,21,22);1H. The molecule has 3 rings (SSSR count). The average molecular weight is 530 g/mol. The highest BCUT2D eigenvalue weighted by Gasteiger charge is 2.22. The second-order valence-corrected chi connectivity index (χ2v) is 7.35. The lowest BCUT2D eigenvalue weighted by molar-refractivity contribution is 0.372. The van der Waals surface area contributed by atoms with Crippen molar-refractivity contribution in [2.24, 2.45) is 4.99 Å². The van der Waals surface area contributed by atoms with E-state index in [9.17, 15) is 0 Å². The molecule has 2 heterocycles. The molecule has 0 saturated carbocycles. The Kier molecular flexibility index (Phi) is 9.92. The molecule has 1 fully saturated rings. The van der Waals surface area contributed by atoms with E-state index in [1.54, 1.807) is 7.11 Å². The van der Waals surface area contributed by atoms with Gasteiger partial charge in [0.05, 0.1) is 7.11 Å². The zero-order valence-corrected chi connectivity index (χ0v) is 20.6. The molecular weight excluding hydrogens is 499 g/mol. The molecule has 1 aliphatic rings. The molecule has 1 aliphatic heterocycles. The number of hydrogen-bond acceptors (Lipinski definition) is 6. The minimum absolute atomic E-state index is 0. The third kappa shape index (κ3) is 6.43. The summed E-state index contributed by atoms with van der Waals surface area (Å²) in [5.41, 5.74) is 1.19. The third-order valence-corrected chi connectivity index (χ3v) is 5.61. The number of anilines is 1. The Bertz CT molecular complexity index is 776. The van der Waals surface area contributed by atoms with Crippen LogP contribution in [-0.4, -0.2) is 66.6 Å². The molecule has 9 heteroatoms. The summed E-state index contributed by atoms with van der Waals surface area (Å²) < 4.78 is 9.85. The van der Waals surface area contributed by atoms with Crippen molar-refractivity contribution in [2.45, 2.75) is 26.7 Å². The second-order valence-electron chi connectivity index (χ2n) is 6.62. The van der Waals surface area contributed by atoms with E-state index in [2.05, 4.69) is 44.4 Å². The van der Waals surface area contributed by atoms with Gasteiger partial charge in [0.1, 0.15) is 11.6 Å². The highest BCUT2D eigenvalue weighted by atomic mass is 127. The van der Waals surface area contributed by atoms with Crippen LogP contribution in [0.2, 0.25) is 0 Å². The number of nitrogens with one attached hydrogen (secondary N) is 1. The van der Waals surface area contributed by atoms with Gasteiger partial charge in [0.2, 0.25) is 5.13 Å². The average Bonchev–Trinajstić information content (AvgIpc) is 3.23. The molecule has 1 N–H and O–H groups in total. The van der Waals surface area contributed by atoms with Crippen molar-refractivity contribution in [1.82, 2.24) is 19.6 Å². The minimum atomic E-state index is 0. The zero-order valence-electron chi connectivity index (χ0n) is 17.4. The fraction of sp³-hybridized carbons (Fsp3) is 0.550. The Morgan fingerprint density at radius 3 is 2.62 bits per heavy atom. The number of aliphatic imine (C=N–C) groups is 1. The quantitative estimate of drug-likeness (QED) is 0.338. The molecule has 160 valence electrons. The van der Waals surface area contributed by atoms with Crippen molar-refractivity contribution < 1.29 is 4.74 Å². The molecule has 1 aromatic heterocycles. The predicted molar refractivity (Wildman–Crippen MR) is 131 cm³/mol. The first-order valence-electron chi connectivity index (χ1n) is 9.97. The van der Waals surface area contributed by atoms with E-state index < -0.39 is 0 Å². The van der Waals surface area contributed by atoms with Crippen LogP contribution in [0.25, 0.3) is 0 Å². The third-order valence-electron chi connectivity index (χ3n) is 4.79. The smallest absolute Gasteiger partial charge is 0.205 e. The van der Waals surface area contributed by atoms with E-state index >= 15 is 0 Å². The molecule has 1 saturated heterocycles. The summed E-state index contributed by atoms with van der Waals surface area (Å²) in [6.45, 7) is 9.55. The van der Waals surface area contributed by atoms with Gasteiger partial charge in [-0.3, -0.25) is 4.99 Å². The van der Waals surface area contributed by atoms with Crippen LogP contribution in [0.15, 0.2) is 29.3 Å². The van der Waals surface area contributed by atoms with Crippen molar-refractivity contribution in [1.29, 1.82) is 0 Å². The molecule has 0 unspecified atom stereocenters. The van der Waals surface area contributed by atoms with E-state index in [1.807, 2.05) is 18.2 Å². The van der Waals surface area contributed by atoms with E-state index in [1.165, 1.54) is 17.1 Å². The summed E-state index contributed by atoms with van der Waals surface area (Å²) in [5, 5.41) is 4.47. The van der Waals surface area contributed by atoms with Crippen LogP contribution in [0.3, 0.4) is 0 Å². The first kappa shape index (κ1) is 23.7. The normalized spacial score (nSPS) is 14.5. The van der Waals surface area contributed by atoms with Crippen molar-refractivity contribution in [3.05, 3.63) is 35.7 Å². The van der Waals surface area contributed by atoms with E-state index in [4.69, 9.17) is 9.73 Å². The number of benzene rings is 1. The number of aromatic nitrogens is 2. The Labute approximate surface area is 194 Å². The summed E-state index contributed by atoms with van der Waals surface area (Å²) in [5.74, 6) is 2.86. The van der Waals surface area contributed by atoms with E-state index in [-0.39, 0.29) is 24.0 Å². The van der Waals surface area contributed by atoms with Crippen LogP contribution in [0.4, 0.5) is 5.13 Å². The highest BCUT2D eigenvalue weighted by Crippen LogP contribution is 2.20. The number of halogens is 1. The molecule has 0 atom stereocenters. The molecule has 0 radical (unpaired) electrons. The fourth-order valence-corrected chi connectivity index (χ4v) is 4.05. The van der Waals surface area contributed by atoms with Crippen LogP contribution in [0.1, 0.15) is 25.2 Å². The Hall–Kier alpha value is -1.62. The molecule has 0 aliphatic carbocycles. The largest absolute Gasteiger partial charge is 0.496 e. The monoisotopic (exact) mass is 530 g/mol. The molecule has 29 heavy (non-hydrogen) atoms. The number of rotatable bonds is 7. The summed E-state index contributed by atoms with van der Waals surface area (Å²) in [6.07, 6.45) is 1.75. The summed E-state index contributed by atoms with van der Waals surface area (Å²) >= 11 is 1.50. The van der Waals surface area contributed by atoms with Gasteiger partial charge in [0.15, 0.2) is 5.96 Å². The maximum Gasteiger partial charge on any atom is 0.205 e. The van der Waals surface area contributed by atoms with Crippen molar-refractivity contribution in [2.75, 3.05) is 51.3 Å². The molecule has 0 bridgehead atoms.